The Bertz CT molecular complexity index is 560. The standard InChI is InChI=1S/C14H16ClNO4/c1-8-5-9(3-4-10(8)15)12(17)16-11-6-20-7-14(11,2)13(18)19/h3-5,11H,6-7H2,1-2H3,(H,16,17)(H,18,19). The van der Waals surface area contributed by atoms with Crippen molar-refractivity contribution in [3.63, 3.8) is 0 Å². The highest BCUT2D eigenvalue weighted by molar-refractivity contribution is 6.31. The minimum absolute atomic E-state index is 0.0902. The lowest BCUT2D eigenvalue weighted by Gasteiger charge is -2.25. The normalized spacial score (nSPS) is 25.4. The molecular weight excluding hydrogens is 282 g/mol. The van der Waals surface area contributed by atoms with Gasteiger partial charge in [0.25, 0.3) is 5.91 Å². The third-order valence-corrected chi connectivity index (χ3v) is 4.09. The van der Waals surface area contributed by atoms with Crippen molar-refractivity contribution in [3.05, 3.63) is 34.3 Å². The van der Waals surface area contributed by atoms with E-state index in [-0.39, 0.29) is 19.1 Å². The fraction of sp³-hybridized carbons (Fsp3) is 0.429. The molecule has 1 aliphatic rings. The molecule has 1 aromatic carbocycles. The molecule has 6 heteroatoms. The van der Waals surface area contributed by atoms with Crippen LogP contribution in [0.5, 0.6) is 0 Å². The molecule has 1 aliphatic heterocycles. The summed E-state index contributed by atoms with van der Waals surface area (Å²) in [6.45, 7) is 3.66. The van der Waals surface area contributed by atoms with Crippen LogP contribution in [-0.4, -0.2) is 36.2 Å². The maximum Gasteiger partial charge on any atom is 0.313 e. The third kappa shape index (κ3) is 2.64. The summed E-state index contributed by atoms with van der Waals surface area (Å²) in [6, 6.07) is 4.38. The Labute approximate surface area is 121 Å². The van der Waals surface area contributed by atoms with E-state index >= 15 is 0 Å². The predicted molar refractivity (Wildman–Crippen MR) is 74.0 cm³/mol. The molecule has 1 fully saturated rings. The number of aryl methyl sites for hydroxylation is 1. The number of hydrogen-bond donors (Lipinski definition) is 2. The van der Waals surface area contributed by atoms with Gasteiger partial charge in [0.05, 0.1) is 19.3 Å². The van der Waals surface area contributed by atoms with E-state index in [1.165, 1.54) is 0 Å². The number of carboxylic acid groups (broad SMARTS) is 1. The minimum Gasteiger partial charge on any atom is -0.481 e. The zero-order valence-corrected chi connectivity index (χ0v) is 12.0. The van der Waals surface area contributed by atoms with Crippen LogP contribution in [0.4, 0.5) is 0 Å². The molecule has 1 heterocycles. The smallest absolute Gasteiger partial charge is 0.313 e. The molecule has 0 aromatic heterocycles. The van der Waals surface area contributed by atoms with Crippen LogP contribution in [0.15, 0.2) is 18.2 Å². The highest BCUT2D eigenvalue weighted by Gasteiger charge is 2.47. The highest BCUT2D eigenvalue weighted by atomic mass is 35.5. The van der Waals surface area contributed by atoms with Gasteiger partial charge < -0.3 is 15.2 Å². The van der Waals surface area contributed by atoms with Crippen molar-refractivity contribution in [2.75, 3.05) is 13.2 Å². The molecule has 0 bridgehead atoms. The number of hydrogen-bond acceptors (Lipinski definition) is 3. The number of benzene rings is 1. The van der Waals surface area contributed by atoms with Crippen LogP contribution in [0.1, 0.15) is 22.8 Å². The molecule has 0 aliphatic carbocycles. The first-order valence-electron chi connectivity index (χ1n) is 6.23. The Morgan fingerprint density at radius 1 is 1.50 bits per heavy atom. The number of amides is 1. The van der Waals surface area contributed by atoms with Crippen molar-refractivity contribution < 1.29 is 19.4 Å². The average Bonchev–Trinajstić information content (AvgIpc) is 2.75. The van der Waals surface area contributed by atoms with Crippen molar-refractivity contribution in [2.45, 2.75) is 19.9 Å². The molecular formula is C14H16ClNO4. The first kappa shape index (κ1) is 14.8. The average molecular weight is 298 g/mol. The second-order valence-electron chi connectivity index (χ2n) is 5.23. The maximum atomic E-state index is 12.2. The molecule has 0 radical (unpaired) electrons. The molecule has 1 aromatic rings. The molecule has 1 amide bonds. The summed E-state index contributed by atoms with van der Waals surface area (Å²) in [6.07, 6.45) is 0. The van der Waals surface area contributed by atoms with Gasteiger partial charge in [-0.3, -0.25) is 9.59 Å². The first-order valence-corrected chi connectivity index (χ1v) is 6.60. The highest BCUT2D eigenvalue weighted by Crippen LogP contribution is 2.29. The van der Waals surface area contributed by atoms with Gasteiger partial charge in [-0.25, -0.2) is 0 Å². The third-order valence-electron chi connectivity index (χ3n) is 3.67. The Morgan fingerprint density at radius 3 is 2.80 bits per heavy atom. The molecule has 108 valence electrons. The number of aliphatic carboxylic acids is 1. The number of carboxylic acids is 1. The van der Waals surface area contributed by atoms with Gasteiger partial charge in [-0.05, 0) is 37.6 Å². The number of carbonyl (C=O) groups is 2. The molecule has 0 spiro atoms. The van der Waals surface area contributed by atoms with Crippen molar-refractivity contribution in [1.82, 2.24) is 5.32 Å². The molecule has 20 heavy (non-hydrogen) atoms. The first-order chi connectivity index (χ1) is 9.34. The van der Waals surface area contributed by atoms with Crippen LogP contribution in [0.2, 0.25) is 5.02 Å². The van der Waals surface area contributed by atoms with E-state index in [1.807, 2.05) is 0 Å². The zero-order valence-electron chi connectivity index (χ0n) is 11.3. The number of nitrogens with one attached hydrogen (secondary N) is 1. The van der Waals surface area contributed by atoms with E-state index in [0.29, 0.717) is 10.6 Å². The van der Waals surface area contributed by atoms with Crippen LogP contribution in [0.3, 0.4) is 0 Å². The summed E-state index contributed by atoms with van der Waals surface area (Å²) >= 11 is 5.91. The Balaban J connectivity index is 2.15. The molecule has 2 atom stereocenters. The molecule has 5 nitrogen and oxygen atoms in total. The van der Waals surface area contributed by atoms with E-state index in [4.69, 9.17) is 16.3 Å². The van der Waals surface area contributed by atoms with Crippen molar-refractivity contribution in [2.24, 2.45) is 5.41 Å². The van der Waals surface area contributed by atoms with Crippen LogP contribution < -0.4 is 5.32 Å². The van der Waals surface area contributed by atoms with Crippen LogP contribution >= 0.6 is 11.6 Å². The van der Waals surface area contributed by atoms with E-state index in [1.54, 1.807) is 32.0 Å². The van der Waals surface area contributed by atoms with Gasteiger partial charge in [0.1, 0.15) is 5.41 Å². The number of carbonyl (C=O) groups excluding carboxylic acids is 1. The molecule has 2 rings (SSSR count). The van der Waals surface area contributed by atoms with Gasteiger partial charge in [-0.2, -0.15) is 0 Å². The SMILES string of the molecule is Cc1cc(C(=O)NC2COCC2(C)C(=O)O)ccc1Cl. The fourth-order valence-corrected chi connectivity index (χ4v) is 2.23. The molecule has 0 saturated carbocycles. The Kier molecular flexibility index (Phi) is 4.01. The second-order valence-corrected chi connectivity index (χ2v) is 5.63. The summed E-state index contributed by atoms with van der Waals surface area (Å²) in [7, 11) is 0. The maximum absolute atomic E-state index is 12.2. The van der Waals surface area contributed by atoms with Gasteiger partial charge in [-0.15, -0.1) is 0 Å². The largest absolute Gasteiger partial charge is 0.481 e. The van der Waals surface area contributed by atoms with E-state index in [9.17, 15) is 14.7 Å². The summed E-state index contributed by atoms with van der Waals surface area (Å²) in [5.74, 6) is -1.31. The van der Waals surface area contributed by atoms with Crippen LogP contribution in [0.25, 0.3) is 0 Å². The summed E-state index contributed by atoms with van der Waals surface area (Å²) in [4.78, 5) is 23.5. The van der Waals surface area contributed by atoms with Crippen molar-refractivity contribution in [3.8, 4) is 0 Å². The zero-order chi connectivity index (χ0) is 14.9. The predicted octanol–water partition coefficient (Wildman–Crippen LogP) is 1.87. The van der Waals surface area contributed by atoms with Crippen molar-refractivity contribution in [1.29, 1.82) is 0 Å². The van der Waals surface area contributed by atoms with Gasteiger partial charge in [0.15, 0.2) is 0 Å². The molecule has 1 saturated heterocycles. The Hall–Kier alpha value is -1.59. The summed E-state index contributed by atoms with van der Waals surface area (Å²) in [5.41, 5.74) is 0.145. The summed E-state index contributed by atoms with van der Waals surface area (Å²) in [5, 5.41) is 12.6. The van der Waals surface area contributed by atoms with Crippen LogP contribution in [0, 0.1) is 12.3 Å². The topological polar surface area (TPSA) is 75.6 Å². The lowest BCUT2D eigenvalue weighted by Crippen LogP contribution is -2.49. The van der Waals surface area contributed by atoms with Gasteiger partial charge >= 0.3 is 5.97 Å². The minimum atomic E-state index is -1.10. The Morgan fingerprint density at radius 2 is 2.20 bits per heavy atom. The van der Waals surface area contributed by atoms with E-state index < -0.39 is 17.4 Å². The number of rotatable bonds is 3. The van der Waals surface area contributed by atoms with Gasteiger partial charge in [0, 0.05) is 10.6 Å². The van der Waals surface area contributed by atoms with E-state index in [0.717, 1.165) is 5.56 Å². The van der Waals surface area contributed by atoms with Crippen molar-refractivity contribution >= 4 is 23.5 Å². The number of ether oxygens (including phenoxy) is 1. The lowest BCUT2D eigenvalue weighted by molar-refractivity contribution is -0.148. The van der Waals surface area contributed by atoms with E-state index in [2.05, 4.69) is 5.32 Å². The van der Waals surface area contributed by atoms with Gasteiger partial charge in [0.2, 0.25) is 0 Å². The monoisotopic (exact) mass is 297 g/mol. The lowest BCUT2D eigenvalue weighted by atomic mass is 9.85. The van der Waals surface area contributed by atoms with Crippen LogP contribution in [-0.2, 0) is 9.53 Å². The fourth-order valence-electron chi connectivity index (χ4n) is 2.11. The number of halogens is 1. The molecule has 2 unspecified atom stereocenters. The second kappa shape index (κ2) is 5.42. The molecule has 2 N–H and O–H groups in total. The quantitative estimate of drug-likeness (QED) is 0.893. The summed E-state index contributed by atoms with van der Waals surface area (Å²) < 4.78 is 5.20. The van der Waals surface area contributed by atoms with Gasteiger partial charge in [-0.1, -0.05) is 11.6 Å².